The van der Waals surface area contributed by atoms with Gasteiger partial charge in [-0.05, 0) is 36.8 Å². The van der Waals surface area contributed by atoms with Crippen LogP contribution >= 0.6 is 24.4 Å². The topological polar surface area (TPSA) is 3.24 Å². The molecule has 0 aromatic rings. The third-order valence-electron chi connectivity index (χ3n) is 2.79. The molecule has 0 amide bonds. The molecule has 1 atom stereocenters. The normalized spacial score (nSPS) is 21.9. The molecule has 84 valence electrons. The summed E-state index contributed by atoms with van der Waals surface area (Å²) in [6.07, 6.45) is 4.01. The van der Waals surface area contributed by atoms with Gasteiger partial charge in [0, 0.05) is 18.8 Å². The van der Waals surface area contributed by atoms with Crippen molar-refractivity contribution in [2.24, 2.45) is 5.92 Å². The van der Waals surface area contributed by atoms with Crippen LogP contribution in [0.2, 0.25) is 0 Å². The summed E-state index contributed by atoms with van der Waals surface area (Å²) >= 11 is 6.55. The first kappa shape index (κ1) is 12.7. The van der Waals surface area contributed by atoms with Crippen LogP contribution in [0.5, 0.6) is 0 Å². The Kier molecular flexibility index (Phi) is 7.17. The maximum Gasteiger partial charge on any atom is 0.00725 e. The van der Waals surface area contributed by atoms with Crippen molar-refractivity contribution in [1.29, 1.82) is 0 Å². The molecule has 1 fully saturated rings. The molecule has 14 heavy (non-hydrogen) atoms. The number of hydrogen-bond donors (Lipinski definition) is 1. The standard InChI is InChI=1S/C11H23NS2/c1-2-4-11(10-13)9-12-5-3-7-14-8-6-12/h11,13H,2-10H2,1H3. The molecule has 1 unspecified atom stereocenters. The highest BCUT2D eigenvalue weighted by atomic mass is 32.2. The van der Waals surface area contributed by atoms with Crippen molar-refractivity contribution >= 4 is 24.4 Å². The van der Waals surface area contributed by atoms with E-state index in [9.17, 15) is 0 Å². The zero-order valence-electron chi connectivity index (χ0n) is 9.24. The lowest BCUT2D eigenvalue weighted by Gasteiger charge is -2.24. The second-order valence-corrected chi connectivity index (χ2v) is 5.69. The van der Waals surface area contributed by atoms with Gasteiger partial charge in [0.1, 0.15) is 0 Å². The van der Waals surface area contributed by atoms with Crippen molar-refractivity contribution in [2.45, 2.75) is 26.2 Å². The summed E-state index contributed by atoms with van der Waals surface area (Å²) in [5.41, 5.74) is 0. The molecule has 0 N–H and O–H groups in total. The van der Waals surface area contributed by atoms with Crippen LogP contribution in [0.15, 0.2) is 0 Å². The van der Waals surface area contributed by atoms with Crippen LogP contribution in [0.4, 0.5) is 0 Å². The van der Waals surface area contributed by atoms with Crippen molar-refractivity contribution in [2.75, 3.05) is 36.9 Å². The summed E-state index contributed by atoms with van der Waals surface area (Å²) in [5, 5.41) is 0. The van der Waals surface area contributed by atoms with Crippen molar-refractivity contribution in [3.8, 4) is 0 Å². The van der Waals surface area contributed by atoms with Crippen LogP contribution in [-0.4, -0.2) is 41.8 Å². The number of thioether (sulfide) groups is 1. The quantitative estimate of drug-likeness (QED) is 0.727. The third-order valence-corrected chi connectivity index (χ3v) is 4.35. The van der Waals surface area contributed by atoms with Gasteiger partial charge in [0.2, 0.25) is 0 Å². The molecule has 0 bridgehead atoms. The molecule has 1 heterocycles. The van der Waals surface area contributed by atoms with Crippen LogP contribution in [0, 0.1) is 5.92 Å². The Morgan fingerprint density at radius 3 is 2.93 bits per heavy atom. The molecule has 1 rings (SSSR count). The van der Waals surface area contributed by atoms with E-state index in [0.29, 0.717) is 0 Å². The lowest BCUT2D eigenvalue weighted by atomic mass is 10.1. The van der Waals surface area contributed by atoms with Crippen LogP contribution in [0.1, 0.15) is 26.2 Å². The summed E-state index contributed by atoms with van der Waals surface area (Å²) in [6.45, 7) is 6.15. The lowest BCUT2D eigenvalue weighted by molar-refractivity contribution is 0.250. The fourth-order valence-electron chi connectivity index (χ4n) is 1.99. The van der Waals surface area contributed by atoms with E-state index in [4.69, 9.17) is 0 Å². The van der Waals surface area contributed by atoms with E-state index in [2.05, 4.69) is 36.2 Å². The first-order valence-corrected chi connectivity index (χ1v) is 7.56. The van der Waals surface area contributed by atoms with Gasteiger partial charge >= 0.3 is 0 Å². The molecule has 0 saturated carbocycles. The fraction of sp³-hybridized carbons (Fsp3) is 1.00. The second-order valence-electron chi connectivity index (χ2n) is 4.10. The van der Waals surface area contributed by atoms with E-state index in [1.54, 1.807) is 0 Å². The molecule has 0 aliphatic carbocycles. The Morgan fingerprint density at radius 2 is 2.21 bits per heavy atom. The molecule has 1 aliphatic rings. The Labute approximate surface area is 98.4 Å². The third kappa shape index (κ3) is 4.94. The van der Waals surface area contributed by atoms with E-state index < -0.39 is 0 Å². The average Bonchev–Trinajstić information content (AvgIpc) is 2.45. The molecule has 0 spiro atoms. The highest BCUT2D eigenvalue weighted by Gasteiger charge is 2.13. The molecule has 3 heteroatoms. The summed E-state index contributed by atoms with van der Waals surface area (Å²) in [6, 6.07) is 0. The first-order chi connectivity index (χ1) is 6.86. The van der Waals surface area contributed by atoms with E-state index in [1.807, 2.05) is 0 Å². The van der Waals surface area contributed by atoms with Crippen molar-refractivity contribution in [3.05, 3.63) is 0 Å². The number of hydrogen-bond acceptors (Lipinski definition) is 3. The van der Waals surface area contributed by atoms with Gasteiger partial charge in [-0.2, -0.15) is 24.4 Å². The van der Waals surface area contributed by atoms with Crippen LogP contribution in [0.25, 0.3) is 0 Å². The molecule has 1 nitrogen and oxygen atoms in total. The number of thiol groups is 1. The molecule has 0 radical (unpaired) electrons. The predicted molar refractivity (Wildman–Crippen MR) is 70.6 cm³/mol. The fourth-order valence-corrected chi connectivity index (χ4v) is 3.22. The molecule has 0 aromatic carbocycles. The van der Waals surface area contributed by atoms with Gasteiger partial charge in [0.25, 0.3) is 0 Å². The lowest BCUT2D eigenvalue weighted by Crippen LogP contribution is -2.32. The number of nitrogens with zero attached hydrogens (tertiary/aromatic N) is 1. The van der Waals surface area contributed by atoms with Gasteiger partial charge in [0.15, 0.2) is 0 Å². The van der Waals surface area contributed by atoms with Crippen molar-refractivity contribution in [1.82, 2.24) is 4.90 Å². The minimum Gasteiger partial charge on any atom is -0.302 e. The molecule has 0 aromatic heterocycles. The average molecular weight is 233 g/mol. The maximum atomic E-state index is 4.44. The van der Waals surface area contributed by atoms with Crippen LogP contribution in [0.3, 0.4) is 0 Å². The monoisotopic (exact) mass is 233 g/mol. The van der Waals surface area contributed by atoms with E-state index >= 15 is 0 Å². The van der Waals surface area contributed by atoms with E-state index in [-0.39, 0.29) is 0 Å². The first-order valence-electron chi connectivity index (χ1n) is 5.77. The summed E-state index contributed by atoms with van der Waals surface area (Å²) in [4.78, 5) is 2.64. The van der Waals surface area contributed by atoms with Crippen LogP contribution in [-0.2, 0) is 0 Å². The molecular formula is C11H23NS2. The highest BCUT2D eigenvalue weighted by molar-refractivity contribution is 7.99. The molecular weight excluding hydrogens is 210 g/mol. The zero-order valence-corrected chi connectivity index (χ0v) is 11.0. The summed E-state index contributed by atoms with van der Waals surface area (Å²) in [5.74, 6) is 4.55. The predicted octanol–water partition coefficient (Wildman–Crippen LogP) is 2.77. The van der Waals surface area contributed by atoms with Gasteiger partial charge < -0.3 is 4.90 Å². The maximum absolute atomic E-state index is 4.44. The molecule has 1 aliphatic heterocycles. The van der Waals surface area contributed by atoms with Crippen molar-refractivity contribution < 1.29 is 0 Å². The zero-order chi connectivity index (χ0) is 10.2. The smallest absolute Gasteiger partial charge is 0.00725 e. The Balaban J connectivity index is 2.24. The minimum absolute atomic E-state index is 0.812. The van der Waals surface area contributed by atoms with Gasteiger partial charge in [0.05, 0.1) is 0 Å². The Bertz CT molecular complexity index is 133. The van der Waals surface area contributed by atoms with Crippen molar-refractivity contribution in [3.63, 3.8) is 0 Å². The second kappa shape index (κ2) is 7.89. The summed E-state index contributed by atoms with van der Waals surface area (Å²) in [7, 11) is 0. The highest BCUT2D eigenvalue weighted by Crippen LogP contribution is 2.15. The van der Waals surface area contributed by atoms with Gasteiger partial charge in [-0.1, -0.05) is 13.3 Å². The van der Waals surface area contributed by atoms with Gasteiger partial charge in [-0.25, -0.2) is 0 Å². The van der Waals surface area contributed by atoms with E-state index in [1.165, 1.54) is 50.4 Å². The molecule has 1 saturated heterocycles. The SMILES string of the molecule is CCCC(CS)CN1CCCSCC1. The van der Waals surface area contributed by atoms with E-state index in [0.717, 1.165) is 11.7 Å². The summed E-state index contributed by atoms with van der Waals surface area (Å²) < 4.78 is 0. The minimum atomic E-state index is 0.812. The van der Waals surface area contributed by atoms with Gasteiger partial charge in [-0.3, -0.25) is 0 Å². The Morgan fingerprint density at radius 1 is 1.36 bits per heavy atom. The van der Waals surface area contributed by atoms with Gasteiger partial charge in [-0.15, -0.1) is 0 Å². The largest absolute Gasteiger partial charge is 0.302 e. The van der Waals surface area contributed by atoms with Crippen LogP contribution < -0.4 is 0 Å². The Hall–Kier alpha value is 0.660. The number of rotatable bonds is 5.